The number of carbonyl (C=O) groups excluding carboxylic acids is 1. The van der Waals surface area contributed by atoms with Crippen LogP contribution in [0.15, 0.2) is 53.3 Å². The van der Waals surface area contributed by atoms with E-state index < -0.39 is 0 Å². The Hall–Kier alpha value is -3.42. The molecule has 4 rings (SSSR count). The van der Waals surface area contributed by atoms with Crippen molar-refractivity contribution in [3.8, 4) is 0 Å². The lowest BCUT2D eigenvalue weighted by Gasteiger charge is -2.33. The van der Waals surface area contributed by atoms with Crippen molar-refractivity contribution in [2.75, 3.05) is 23.3 Å². The number of fused-ring (bicyclic) bond motifs is 1. The van der Waals surface area contributed by atoms with E-state index in [9.17, 15) is 14.0 Å². The van der Waals surface area contributed by atoms with E-state index in [-0.39, 0.29) is 23.4 Å². The van der Waals surface area contributed by atoms with E-state index in [0.29, 0.717) is 37.4 Å². The van der Waals surface area contributed by atoms with Crippen LogP contribution in [0.2, 0.25) is 0 Å². The molecule has 7 nitrogen and oxygen atoms in total. The van der Waals surface area contributed by atoms with Crippen molar-refractivity contribution in [2.24, 2.45) is 7.05 Å². The van der Waals surface area contributed by atoms with Gasteiger partial charge in [0.1, 0.15) is 5.82 Å². The van der Waals surface area contributed by atoms with E-state index in [4.69, 9.17) is 0 Å². The first-order chi connectivity index (χ1) is 14.0. The number of amides is 2. The number of nitrogens with one attached hydrogen (secondary N) is 2. The van der Waals surface area contributed by atoms with Crippen LogP contribution in [-0.2, 0) is 7.05 Å². The first kappa shape index (κ1) is 18.9. The zero-order chi connectivity index (χ0) is 20.4. The van der Waals surface area contributed by atoms with Crippen LogP contribution in [0.3, 0.4) is 0 Å². The second-order valence-corrected chi connectivity index (χ2v) is 7.15. The van der Waals surface area contributed by atoms with Crippen molar-refractivity contribution in [1.29, 1.82) is 0 Å². The van der Waals surface area contributed by atoms with E-state index in [1.807, 2.05) is 29.2 Å². The Kier molecular flexibility index (Phi) is 5.16. The summed E-state index contributed by atoms with van der Waals surface area (Å²) in [6.07, 6.45) is 1.41. The van der Waals surface area contributed by atoms with Gasteiger partial charge in [-0.2, -0.15) is 0 Å². The molecule has 8 heteroatoms. The quantitative estimate of drug-likeness (QED) is 0.715. The maximum absolute atomic E-state index is 13.0. The molecule has 1 aromatic heterocycles. The van der Waals surface area contributed by atoms with Gasteiger partial charge in [0.2, 0.25) is 0 Å². The maximum atomic E-state index is 13.0. The minimum Gasteiger partial charge on any atom is -0.352 e. The number of rotatable bonds is 3. The summed E-state index contributed by atoms with van der Waals surface area (Å²) >= 11 is 0. The fourth-order valence-electron chi connectivity index (χ4n) is 3.59. The fraction of sp³-hybridized carbons (Fsp3) is 0.286. The second-order valence-electron chi connectivity index (χ2n) is 7.15. The Morgan fingerprint density at radius 3 is 2.52 bits per heavy atom. The van der Waals surface area contributed by atoms with E-state index in [0.717, 1.165) is 11.0 Å². The number of piperidine rings is 1. The van der Waals surface area contributed by atoms with Gasteiger partial charge in [-0.15, -0.1) is 0 Å². The highest BCUT2D eigenvalue weighted by atomic mass is 19.1. The third kappa shape index (κ3) is 4.06. The van der Waals surface area contributed by atoms with Crippen molar-refractivity contribution < 1.29 is 9.18 Å². The predicted octanol–water partition coefficient (Wildman–Crippen LogP) is 2.86. The molecule has 2 heterocycles. The smallest absolute Gasteiger partial charge is 0.319 e. The van der Waals surface area contributed by atoms with Gasteiger partial charge in [0.05, 0.1) is 11.0 Å². The highest BCUT2D eigenvalue weighted by molar-refractivity contribution is 5.89. The lowest BCUT2D eigenvalue weighted by molar-refractivity contribution is 0.246. The Labute approximate surface area is 167 Å². The van der Waals surface area contributed by atoms with Gasteiger partial charge in [-0.3, -0.25) is 4.79 Å². The summed E-state index contributed by atoms with van der Waals surface area (Å²) in [6.45, 7) is 1.25. The molecule has 1 fully saturated rings. The summed E-state index contributed by atoms with van der Waals surface area (Å²) in [6, 6.07) is 12.9. The molecular formula is C21H22FN5O2. The zero-order valence-corrected chi connectivity index (χ0v) is 16.1. The summed E-state index contributed by atoms with van der Waals surface area (Å²) < 4.78 is 14.6. The monoisotopic (exact) mass is 395 g/mol. The largest absolute Gasteiger partial charge is 0.352 e. The molecule has 0 aliphatic carbocycles. The van der Waals surface area contributed by atoms with E-state index in [1.54, 1.807) is 11.6 Å². The van der Waals surface area contributed by atoms with Crippen LogP contribution in [0.25, 0.3) is 11.0 Å². The first-order valence-corrected chi connectivity index (χ1v) is 9.55. The van der Waals surface area contributed by atoms with Gasteiger partial charge in [-0.25, -0.2) is 14.2 Å². The molecular weight excluding hydrogens is 373 g/mol. The fourth-order valence-corrected chi connectivity index (χ4v) is 3.59. The van der Waals surface area contributed by atoms with E-state index in [2.05, 4.69) is 15.6 Å². The van der Waals surface area contributed by atoms with Crippen LogP contribution in [-0.4, -0.2) is 34.7 Å². The van der Waals surface area contributed by atoms with E-state index >= 15 is 0 Å². The van der Waals surface area contributed by atoms with Gasteiger partial charge in [-0.1, -0.05) is 12.1 Å². The van der Waals surface area contributed by atoms with Gasteiger partial charge in [0.15, 0.2) is 5.82 Å². The van der Waals surface area contributed by atoms with Crippen LogP contribution < -0.4 is 21.1 Å². The maximum Gasteiger partial charge on any atom is 0.319 e. The van der Waals surface area contributed by atoms with Gasteiger partial charge >= 0.3 is 6.03 Å². The van der Waals surface area contributed by atoms with Crippen molar-refractivity contribution in [3.63, 3.8) is 0 Å². The summed E-state index contributed by atoms with van der Waals surface area (Å²) in [5.74, 6) is 0.0946. The molecule has 1 aliphatic rings. The Balaban J connectivity index is 1.39. The normalized spacial score (nSPS) is 14.8. The summed E-state index contributed by atoms with van der Waals surface area (Å²) in [5.41, 5.74) is 1.99. The molecule has 2 amide bonds. The number of nitrogens with zero attached hydrogens (tertiary/aromatic N) is 3. The standard InChI is InChI=1S/C21H22FN5O2/c1-26-18-5-3-2-4-17(18)25-19(20(26)28)27-12-10-16(11-13-27)24-21(29)23-15-8-6-14(22)7-9-15/h2-9,16H,10-13H2,1H3,(H2,23,24,29). The molecule has 0 spiro atoms. The van der Waals surface area contributed by atoms with Gasteiger partial charge in [0.25, 0.3) is 5.56 Å². The number of benzene rings is 2. The average molecular weight is 395 g/mol. The first-order valence-electron chi connectivity index (χ1n) is 9.55. The Morgan fingerprint density at radius 2 is 1.79 bits per heavy atom. The molecule has 0 radical (unpaired) electrons. The minimum absolute atomic E-state index is 0.00370. The number of para-hydroxylation sites is 2. The molecule has 2 N–H and O–H groups in total. The molecule has 0 unspecified atom stereocenters. The van der Waals surface area contributed by atoms with Crippen molar-refractivity contribution in [1.82, 2.24) is 14.9 Å². The predicted molar refractivity (Wildman–Crippen MR) is 111 cm³/mol. The van der Waals surface area contributed by atoms with E-state index in [1.165, 1.54) is 24.3 Å². The highest BCUT2D eigenvalue weighted by Gasteiger charge is 2.24. The molecule has 0 saturated carbocycles. The van der Waals surface area contributed by atoms with Crippen LogP contribution in [0.4, 0.5) is 20.7 Å². The molecule has 150 valence electrons. The van der Waals surface area contributed by atoms with Gasteiger partial charge in [0, 0.05) is 31.9 Å². The Morgan fingerprint density at radius 1 is 1.10 bits per heavy atom. The molecule has 3 aromatic rings. The molecule has 1 saturated heterocycles. The molecule has 29 heavy (non-hydrogen) atoms. The number of hydrogen-bond acceptors (Lipinski definition) is 4. The number of aromatic nitrogens is 2. The van der Waals surface area contributed by atoms with Gasteiger partial charge < -0.3 is 20.1 Å². The third-order valence-electron chi connectivity index (χ3n) is 5.20. The number of hydrogen-bond donors (Lipinski definition) is 2. The number of carbonyl (C=O) groups is 1. The second kappa shape index (κ2) is 7.90. The molecule has 1 aliphatic heterocycles. The third-order valence-corrected chi connectivity index (χ3v) is 5.20. The van der Waals surface area contributed by atoms with Crippen molar-refractivity contribution >= 4 is 28.6 Å². The SMILES string of the molecule is Cn1c(=O)c(N2CCC(NC(=O)Nc3ccc(F)cc3)CC2)nc2ccccc21. The van der Waals surface area contributed by atoms with Crippen LogP contribution in [0, 0.1) is 5.82 Å². The lowest BCUT2D eigenvalue weighted by atomic mass is 10.1. The number of anilines is 2. The van der Waals surface area contributed by atoms with Crippen LogP contribution >= 0.6 is 0 Å². The Bertz CT molecular complexity index is 1090. The van der Waals surface area contributed by atoms with Gasteiger partial charge in [-0.05, 0) is 49.2 Å². The molecule has 2 aromatic carbocycles. The van der Waals surface area contributed by atoms with Crippen molar-refractivity contribution in [3.05, 3.63) is 64.7 Å². The van der Waals surface area contributed by atoms with Crippen LogP contribution in [0.5, 0.6) is 0 Å². The van der Waals surface area contributed by atoms with Crippen molar-refractivity contribution in [2.45, 2.75) is 18.9 Å². The highest BCUT2D eigenvalue weighted by Crippen LogP contribution is 2.18. The number of halogens is 1. The average Bonchev–Trinajstić information content (AvgIpc) is 2.73. The molecule has 0 bridgehead atoms. The summed E-state index contributed by atoms with van der Waals surface area (Å²) in [5, 5.41) is 5.64. The number of aryl methyl sites for hydroxylation is 1. The topological polar surface area (TPSA) is 79.3 Å². The lowest BCUT2D eigenvalue weighted by Crippen LogP contribution is -2.47. The van der Waals surface area contributed by atoms with Crippen LogP contribution in [0.1, 0.15) is 12.8 Å². The molecule has 0 atom stereocenters. The zero-order valence-electron chi connectivity index (χ0n) is 16.1. The number of urea groups is 1. The minimum atomic E-state index is -0.350. The summed E-state index contributed by atoms with van der Waals surface area (Å²) in [4.78, 5) is 31.4. The summed E-state index contributed by atoms with van der Waals surface area (Å²) in [7, 11) is 1.75.